The second kappa shape index (κ2) is 10.1. The molecule has 0 aliphatic heterocycles. The van der Waals surface area contributed by atoms with Gasteiger partial charge in [0.2, 0.25) is 11.8 Å². The molecule has 0 spiro atoms. The maximum Gasteiger partial charge on any atom is 0.277 e. The lowest BCUT2D eigenvalue weighted by Gasteiger charge is -2.08. The molecular formula is C22H17ClN4O4S2. The van der Waals surface area contributed by atoms with Crippen LogP contribution < -0.4 is 10.0 Å². The van der Waals surface area contributed by atoms with E-state index in [1.807, 2.05) is 0 Å². The Morgan fingerprint density at radius 2 is 1.70 bits per heavy atom. The summed E-state index contributed by atoms with van der Waals surface area (Å²) in [5.41, 5.74) is 1.61. The molecule has 4 aromatic rings. The number of aromatic nitrogens is 2. The van der Waals surface area contributed by atoms with Gasteiger partial charge < -0.3 is 9.73 Å². The van der Waals surface area contributed by atoms with E-state index in [0.29, 0.717) is 22.0 Å². The number of rotatable bonds is 8. The normalized spacial score (nSPS) is 11.2. The van der Waals surface area contributed by atoms with Crippen LogP contribution in [0, 0.1) is 0 Å². The lowest BCUT2D eigenvalue weighted by molar-refractivity contribution is -0.113. The lowest BCUT2D eigenvalue weighted by Crippen LogP contribution is -2.13. The van der Waals surface area contributed by atoms with Crippen molar-refractivity contribution in [2.24, 2.45) is 0 Å². The standard InChI is InChI=1S/C22H17ClN4O4S2/c23-16-5-4-6-18(13-16)24-20(28)14-32-22-26-25-21(31-22)15-9-11-17(12-10-15)27-33(29,30)19-7-2-1-3-8-19/h1-13,27H,14H2,(H,24,28). The third-order valence-corrected chi connectivity index (χ3v) is 6.73. The van der Waals surface area contributed by atoms with Gasteiger partial charge in [0.15, 0.2) is 0 Å². The fourth-order valence-corrected chi connectivity index (χ4v) is 4.60. The minimum absolute atomic E-state index is 0.0777. The molecule has 0 saturated carbocycles. The SMILES string of the molecule is O=C(CSc1nnc(-c2ccc(NS(=O)(=O)c3ccccc3)cc2)o1)Nc1cccc(Cl)c1. The van der Waals surface area contributed by atoms with Gasteiger partial charge in [-0.15, -0.1) is 10.2 Å². The maximum atomic E-state index is 12.4. The van der Waals surface area contributed by atoms with Crippen molar-refractivity contribution >= 4 is 50.7 Å². The smallest absolute Gasteiger partial charge is 0.277 e. The van der Waals surface area contributed by atoms with E-state index in [0.717, 1.165) is 11.8 Å². The number of carbonyl (C=O) groups is 1. The molecule has 0 aliphatic rings. The molecule has 2 N–H and O–H groups in total. The largest absolute Gasteiger partial charge is 0.411 e. The first-order valence-corrected chi connectivity index (χ1v) is 12.4. The van der Waals surface area contributed by atoms with Crippen LogP contribution in [0.4, 0.5) is 11.4 Å². The minimum atomic E-state index is -3.68. The van der Waals surface area contributed by atoms with Crippen LogP contribution in [0.3, 0.4) is 0 Å². The van der Waals surface area contributed by atoms with Gasteiger partial charge in [-0.05, 0) is 54.6 Å². The van der Waals surface area contributed by atoms with Crippen molar-refractivity contribution in [2.75, 3.05) is 15.8 Å². The number of amides is 1. The quantitative estimate of drug-likeness (QED) is 0.330. The Balaban J connectivity index is 1.35. The number of carbonyl (C=O) groups excluding carboxylic acids is 1. The van der Waals surface area contributed by atoms with Gasteiger partial charge in [0.05, 0.1) is 10.6 Å². The maximum absolute atomic E-state index is 12.4. The Labute approximate surface area is 199 Å². The average molecular weight is 501 g/mol. The number of hydrogen-bond acceptors (Lipinski definition) is 7. The molecule has 0 saturated heterocycles. The zero-order valence-electron chi connectivity index (χ0n) is 16.9. The van der Waals surface area contributed by atoms with E-state index in [4.69, 9.17) is 16.0 Å². The highest BCUT2D eigenvalue weighted by atomic mass is 35.5. The predicted molar refractivity (Wildman–Crippen MR) is 128 cm³/mol. The van der Waals surface area contributed by atoms with Crippen molar-refractivity contribution in [1.82, 2.24) is 10.2 Å². The van der Waals surface area contributed by atoms with Gasteiger partial charge >= 0.3 is 0 Å². The molecule has 3 aromatic carbocycles. The molecule has 0 aliphatic carbocycles. The topological polar surface area (TPSA) is 114 Å². The molecule has 1 amide bonds. The average Bonchev–Trinajstić information content (AvgIpc) is 3.28. The summed E-state index contributed by atoms with van der Waals surface area (Å²) in [5, 5.41) is 11.4. The van der Waals surface area contributed by atoms with E-state index in [2.05, 4.69) is 20.2 Å². The summed E-state index contributed by atoms with van der Waals surface area (Å²) in [6.45, 7) is 0. The fourth-order valence-electron chi connectivity index (χ4n) is 2.77. The first-order chi connectivity index (χ1) is 15.9. The monoisotopic (exact) mass is 500 g/mol. The van der Waals surface area contributed by atoms with Crippen molar-refractivity contribution in [3.05, 3.63) is 83.9 Å². The van der Waals surface area contributed by atoms with Crippen molar-refractivity contribution in [3.8, 4) is 11.5 Å². The van der Waals surface area contributed by atoms with Gasteiger partial charge in [0.1, 0.15) is 0 Å². The number of thioether (sulfide) groups is 1. The van der Waals surface area contributed by atoms with E-state index in [1.165, 1.54) is 12.1 Å². The minimum Gasteiger partial charge on any atom is -0.411 e. The predicted octanol–water partition coefficient (Wildman–Crippen LogP) is 4.92. The molecule has 1 heterocycles. The molecule has 4 rings (SSSR count). The Hall–Kier alpha value is -3.34. The third-order valence-electron chi connectivity index (χ3n) is 4.28. The molecule has 1 aromatic heterocycles. The van der Waals surface area contributed by atoms with E-state index in [1.54, 1.807) is 66.7 Å². The molecule has 11 heteroatoms. The van der Waals surface area contributed by atoms with Gasteiger partial charge in [-0.25, -0.2) is 8.42 Å². The Morgan fingerprint density at radius 1 is 0.939 bits per heavy atom. The summed E-state index contributed by atoms with van der Waals surface area (Å²) in [5.74, 6) is 0.0937. The van der Waals surface area contributed by atoms with Gasteiger partial charge in [0, 0.05) is 22.0 Å². The third kappa shape index (κ3) is 6.13. The van der Waals surface area contributed by atoms with E-state index in [-0.39, 0.29) is 27.7 Å². The molecule has 33 heavy (non-hydrogen) atoms. The number of nitrogens with one attached hydrogen (secondary N) is 2. The highest BCUT2D eigenvalue weighted by Gasteiger charge is 2.15. The van der Waals surface area contributed by atoms with Crippen LogP contribution >= 0.6 is 23.4 Å². The number of benzene rings is 3. The zero-order chi connectivity index (χ0) is 23.3. The first kappa shape index (κ1) is 22.8. The van der Waals surface area contributed by atoms with Gasteiger partial charge in [-0.3, -0.25) is 9.52 Å². The summed E-state index contributed by atoms with van der Waals surface area (Å²) < 4.78 is 33.0. The van der Waals surface area contributed by atoms with Crippen LogP contribution in [0.15, 0.2) is 93.4 Å². The fraction of sp³-hybridized carbons (Fsp3) is 0.0455. The highest BCUT2D eigenvalue weighted by Crippen LogP contribution is 2.25. The van der Waals surface area contributed by atoms with E-state index in [9.17, 15) is 13.2 Å². The van der Waals surface area contributed by atoms with Crippen LogP contribution in [0.2, 0.25) is 5.02 Å². The number of halogens is 1. The molecule has 0 unspecified atom stereocenters. The van der Waals surface area contributed by atoms with E-state index < -0.39 is 10.0 Å². The van der Waals surface area contributed by atoms with Gasteiger partial charge in [-0.1, -0.05) is 47.6 Å². The molecule has 8 nitrogen and oxygen atoms in total. The first-order valence-electron chi connectivity index (χ1n) is 9.59. The molecule has 168 valence electrons. The Morgan fingerprint density at radius 3 is 2.42 bits per heavy atom. The number of nitrogens with zero attached hydrogens (tertiary/aromatic N) is 2. The molecule has 0 fully saturated rings. The Kier molecular flexibility index (Phi) is 6.97. The molecule has 0 atom stereocenters. The van der Waals surface area contributed by atoms with Crippen LogP contribution in [0.25, 0.3) is 11.5 Å². The Bertz CT molecular complexity index is 1360. The van der Waals surface area contributed by atoms with Crippen LogP contribution in [-0.2, 0) is 14.8 Å². The van der Waals surface area contributed by atoms with Gasteiger partial charge in [0.25, 0.3) is 15.2 Å². The van der Waals surface area contributed by atoms with Crippen LogP contribution in [-0.4, -0.2) is 30.3 Å². The van der Waals surface area contributed by atoms with Crippen LogP contribution in [0.1, 0.15) is 0 Å². The summed E-state index contributed by atoms with van der Waals surface area (Å²) in [6, 6.07) is 21.5. The van der Waals surface area contributed by atoms with Crippen molar-refractivity contribution in [3.63, 3.8) is 0 Å². The summed E-state index contributed by atoms with van der Waals surface area (Å²) >= 11 is 7.01. The van der Waals surface area contributed by atoms with E-state index >= 15 is 0 Å². The van der Waals surface area contributed by atoms with Crippen molar-refractivity contribution in [1.29, 1.82) is 0 Å². The van der Waals surface area contributed by atoms with Gasteiger partial charge in [-0.2, -0.15) is 0 Å². The summed E-state index contributed by atoms with van der Waals surface area (Å²) in [6.07, 6.45) is 0. The highest BCUT2D eigenvalue weighted by molar-refractivity contribution is 7.99. The van der Waals surface area contributed by atoms with Crippen LogP contribution in [0.5, 0.6) is 0 Å². The summed E-state index contributed by atoms with van der Waals surface area (Å²) in [4.78, 5) is 12.3. The summed E-state index contributed by atoms with van der Waals surface area (Å²) in [7, 11) is -3.68. The second-order valence-electron chi connectivity index (χ2n) is 6.72. The zero-order valence-corrected chi connectivity index (χ0v) is 19.3. The number of sulfonamides is 1. The molecule has 0 bridgehead atoms. The van der Waals surface area contributed by atoms with Crippen molar-refractivity contribution in [2.45, 2.75) is 10.1 Å². The van der Waals surface area contributed by atoms with Crippen molar-refractivity contribution < 1.29 is 17.6 Å². The number of hydrogen-bond donors (Lipinski definition) is 2. The lowest BCUT2D eigenvalue weighted by atomic mass is 10.2. The number of anilines is 2. The molecule has 0 radical (unpaired) electrons. The second-order valence-corrected chi connectivity index (χ2v) is 9.76. The molecular weight excluding hydrogens is 484 g/mol.